The summed E-state index contributed by atoms with van der Waals surface area (Å²) < 4.78 is 39.5. The maximum absolute atomic E-state index is 14.4. The molecule has 2 heterocycles. The molecule has 1 fully saturated rings. The lowest BCUT2D eigenvalue weighted by molar-refractivity contribution is -0.143. The second kappa shape index (κ2) is 15.3. The third kappa shape index (κ3) is 7.61. The summed E-state index contributed by atoms with van der Waals surface area (Å²) in [6.07, 6.45) is 5.41. The predicted molar refractivity (Wildman–Crippen MR) is 170 cm³/mol. The van der Waals surface area contributed by atoms with Crippen molar-refractivity contribution in [3.05, 3.63) is 53.3 Å². The zero-order valence-corrected chi connectivity index (χ0v) is 27.3. The number of aryl methyl sites for hydroxylation is 1. The van der Waals surface area contributed by atoms with Crippen LogP contribution in [-0.2, 0) is 20.6 Å². The van der Waals surface area contributed by atoms with Crippen molar-refractivity contribution >= 4 is 28.5 Å². The number of fused-ring (bicyclic) bond motifs is 1. The molecule has 2 aromatic rings. The van der Waals surface area contributed by atoms with Gasteiger partial charge in [0.05, 0.1) is 23.4 Å². The molecular weight excluding hydrogens is 585 g/mol. The Bertz CT molecular complexity index is 1340. The molecule has 2 aliphatic heterocycles. The Morgan fingerprint density at radius 1 is 1.09 bits per heavy atom. The normalized spacial score (nSPS) is 20.4. The van der Waals surface area contributed by atoms with Gasteiger partial charge in [0, 0.05) is 49.6 Å². The SMILES string of the molecule is CCCC(CCC)N(C(=O)CN1C[C@H](c2ccc3c(c2)OCO3)C(C(=O)O)[C@@H]1CCN(CC)S(C)=O)c1ccc(F)c(C)c1. The van der Waals surface area contributed by atoms with Crippen LogP contribution in [0, 0.1) is 18.7 Å². The van der Waals surface area contributed by atoms with Gasteiger partial charge in [-0.05, 0) is 67.6 Å². The molecule has 0 spiro atoms. The van der Waals surface area contributed by atoms with E-state index in [1.807, 2.05) is 24.0 Å². The number of amides is 1. The smallest absolute Gasteiger partial charge is 0.308 e. The number of aliphatic carboxylic acids is 1. The Hall–Kier alpha value is -3.02. The van der Waals surface area contributed by atoms with Crippen LogP contribution in [0.1, 0.15) is 69.9 Å². The highest BCUT2D eigenvalue weighted by atomic mass is 32.2. The van der Waals surface area contributed by atoms with E-state index in [2.05, 4.69) is 13.8 Å². The lowest BCUT2D eigenvalue weighted by Crippen LogP contribution is -2.48. The van der Waals surface area contributed by atoms with Crippen LogP contribution in [0.25, 0.3) is 0 Å². The lowest BCUT2D eigenvalue weighted by atomic mass is 9.84. The third-order valence-electron chi connectivity index (χ3n) is 8.88. The van der Waals surface area contributed by atoms with Crippen LogP contribution in [0.4, 0.5) is 10.1 Å². The molecule has 4 atom stereocenters. The van der Waals surface area contributed by atoms with Gasteiger partial charge in [0.1, 0.15) is 5.82 Å². The van der Waals surface area contributed by atoms with E-state index in [-0.39, 0.29) is 31.1 Å². The number of rotatable bonds is 15. The van der Waals surface area contributed by atoms with Crippen molar-refractivity contribution < 1.29 is 32.8 Å². The molecule has 2 aromatic carbocycles. The second-order valence-corrected chi connectivity index (χ2v) is 13.1. The average molecular weight is 632 g/mol. The van der Waals surface area contributed by atoms with Crippen LogP contribution in [0.15, 0.2) is 36.4 Å². The number of hydrogen-bond donors (Lipinski definition) is 1. The minimum Gasteiger partial charge on any atom is -0.481 e. The number of likely N-dealkylation sites (tertiary alicyclic amines) is 1. The van der Waals surface area contributed by atoms with E-state index in [4.69, 9.17) is 9.47 Å². The number of carbonyl (C=O) groups excluding carboxylic acids is 1. The zero-order valence-electron chi connectivity index (χ0n) is 26.5. The summed E-state index contributed by atoms with van der Waals surface area (Å²) in [6, 6.07) is 9.76. The van der Waals surface area contributed by atoms with Crippen molar-refractivity contribution in [2.24, 2.45) is 5.92 Å². The number of ether oxygens (including phenoxy) is 2. The average Bonchev–Trinajstić information content (AvgIpc) is 3.59. The van der Waals surface area contributed by atoms with Crippen molar-refractivity contribution in [2.75, 3.05) is 44.1 Å². The van der Waals surface area contributed by atoms with Gasteiger partial charge in [-0.2, -0.15) is 0 Å². The molecule has 0 bridgehead atoms. The summed E-state index contributed by atoms with van der Waals surface area (Å²) in [6.45, 7) is 9.26. The van der Waals surface area contributed by atoms with E-state index in [9.17, 15) is 23.3 Å². The summed E-state index contributed by atoms with van der Waals surface area (Å²) in [5, 5.41) is 10.6. The number of halogens is 1. The second-order valence-electron chi connectivity index (χ2n) is 11.7. The Morgan fingerprint density at radius 3 is 2.41 bits per heavy atom. The van der Waals surface area contributed by atoms with Crippen LogP contribution >= 0.6 is 0 Å². The molecule has 4 rings (SSSR count). The monoisotopic (exact) mass is 631 g/mol. The van der Waals surface area contributed by atoms with Crippen molar-refractivity contribution in [3.8, 4) is 11.5 Å². The van der Waals surface area contributed by atoms with Crippen LogP contribution in [0.3, 0.4) is 0 Å². The number of anilines is 1. The molecule has 1 saturated heterocycles. The predicted octanol–water partition coefficient (Wildman–Crippen LogP) is 5.34. The van der Waals surface area contributed by atoms with Crippen molar-refractivity contribution in [2.45, 2.75) is 77.8 Å². The summed E-state index contributed by atoms with van der Waals surface area (Å²) in [5.74, 6) is -1.40. The van der Waals surface area contributed by atoms with E-state index in [0.29, 0.717) is 48.8 Å². The summed E-state index contributed by atoms with van der Waals surface area (Å²) in [4.78, 5) is 31.1. The first-order valence-corrected chi connectivity index (χ1v) is 17.1. The Labute approximate surface area is 262 Å². The van der Waals surface area contributed by atoms with Gasteiger partial charge in [-0.3, -0.25) is 14.5 Å². The maximum Gasteiger partial charge on any atom is 0.308 e. The number of carboxylic acid groups (broad SMARTS) is 1. The third-order valence-corrected chi connectivity index (χ3v) is 10.1. The fourth-order valence-electron chi connectivity index (χ4n) is 6.73. The van der Waals surface area contributed by atoms with Gasteiger partial charge in [0.15, 0.2) is 11.5 Å². The van der Waals surface area contributed by atoms with Crippen LogP contribution in [-0.4, -0.2) is 81.7 Å². The molecule has 1 amide bonds. The number of carbonyl (C=O) groups is 2. The molecular formula is C33H46FN3O6S. The lowest BCUT2D eigenvalue weighted by Gasteiger charge is -2.35. The highest BCUT2D eigenvalue weighted by Gasteiger charge is 2.47. The quantitative estimate of drug-likeness (QED) is 0.283. The molecule has 44 heavy (non-hydrogen) atoms. The van der Waals surface area contributed by atoms with E-state index in [1.54, 1.807) is 40.6 Å². The fourth-order valence-corrected chi connectivity index (χ4v) is 7.46. The minimum absolute atomic E-state index is 0.0111. The molecule has 0 saturated carbocycles. The van der Waals surface area contributed by atoms with Gasteiger partial charge in [-0.1, -0.05) is 39.7 Å². The maximum atomic E-state index is 14.4. The highest BCUT2D eigenvalue weighted by Crippen LogP contribution is 2.43. The first kappa shape index (κ1) is 33.9. The molecule has 9 nitrogen and oxygen atoms in total. The minimum atomic E-state index is -1.21. The Balaban J connectivity index is 1.70. The van der Waals surface area contributed by atoms with Gasteiger partial charge in [0.2, 0.25) is 12.7 Å². The van der Waals surface area contributed by atoms with Crippen LogP contribution in [0.5, 0.6) is 11.5 Å². The fraction of sp³-hybridized carbons (Fsp3) is 0.576. The molecule has 2 unspecified atom stereocenters. The first-order chi connectivity index (χ1) is 21.1. The topological polar surface area (TPSA) is 99.6 Å². The van der Waals surface area contributed by atoms with Gasteiger partial charge in [-0.15, -0.1) is 0 Å². The van der Waals surface area contributed by atoms with Gasteiger partial charge < -0.3 is 19.5 Å². The van der Waals surface area contributed by atoms with Crippen LogP contribution in [0.2, 0.25) is 0 Å². The highest BCUT2D eigenvalue weighted by molar-refractivity contribution is 7.81. The van der Waals surface area contributed by atoms with Gasteiger partial charge in [-0.25, -0.2) is 12.9 Å². The van der Waals surface area contributed by atoms with Crippen molar-refractivity contribution in [1.82, 2.24) is 9.21 Å². The zero-order chi connectivity index (χ0) is 32.0. The van der Waals surface area contributed by atoms with E-state index < -0.39 is 34.8 Å². The van der Waals surface area contributed by atoms with E-state index in [0.717, 1.165) is 31.2 Å². The standard InChI is InChI=1S/C33H46FN3O6S/c1-6-9-24(10-7-2)37(25-12-13-27(34)22(4)17-25)31(38)20-35-19-26(23-11-14-29-30(18-23)43-21-42-29)32(33(39)40)28(35)15-16-36(8-3)44(5)41/h11-14,17-18,24,26,28,32H,6-10,15-16,19-21H2,1-5H3,(H,39,40)/t26-,28+,32?,44?/m1/s1. The number of benzene rings is 2. The van der Waals surface area contributed by atoms with Crippen molar-refractivity contribution in [3.63, 3.8) is 0 Å². The summed E-state index contributed by atoms with van der Waals surface area (Å²) in [5.41, 5.74) is 1.93. The molecule has 1 N–H and O–H groups in total. The van der Waals surface area contributed by atoms with Crippen molar-refractivity contribution in [1.29, 1.82) is 0 Å². The Morgan fingerprint density at radius 2 is 1.80 bits per heavy atom. The van der Waals surface area contributed by atoms with Gasteiger partial charge >= 0.3 is 5.97 Å². The number of hydrogen-bond acceptors (Lipinski definition) is 6. The molecule has 0 aliphatic carbocycles. The Kier molecular flexibility index (Phi) is 11.8. The number of nitrogens with zero attached hydrogens (tertiary/aromatic N) is 3. The summed E-state index contributed by atoms with van der Waals surface area (Å²) >= 11 is 0. The molecule has 0 radical (unpaired) electrons. The summed E-state index contributed by atoms with van der Waals surface area (Å²) in [7, 11) is -1.21. The molecule has 11 heteroatoms. The number of carboxylic acids is 1. The first-order valence-electron chi connectivity index (χ1n) is 15.6. The molecule has 2 aliphatic rings. The van der Waals surface area contributed by atoms with Gasteiger partial charge in [0.25, 0.3) is 0 Å². The van der Waals surface area contributed by atoms with E-state index in [1.165, 1.54) is 6.07 Å². The molecule has 0 aromatic heterocycles. The van der Waals surface area contributed by atoms with E-state index >= 15 is 0 Å². The largest absolute Gasteiger partial charge is 0.481 e. The van der Waals surface area contributed by atoms with Crippen LogP contribution < -0.4 is 14.4 Å². The molecule has 242 valence electrons.